The summed E-state index contributed by atoms with van der Waals surface area (Å²) in [6, 6.07) is 9.36. The van der Waals surface area contributed by atoms with E-state index < -0.39 is 24.4 Å². The van der Waals surface area contributed by atoms with Crippen LogP contribution in [-0.4, -0.2) is 92.8 Å². The van der Waals surface area contributed by atoms with Gasteiger partial charge in [-0.05, 0) is 44.4 Å². The van der Waals surface area contributed by atoms with Gasteiger partial charge in [0.25, 0.3) is 5.91 Å². The van der Waals surface area contributed by atoms with Gasteiger partial charge in [-0.1, -0.05) is 50.3 Å². The molecule has 2 fully saturated rings. The van der Waals surface area contributed by atoms with Gasteiger partial charge in [0.1, 0.15) is 12.2 Å². The maximum absolute atomic E-state index is 13.2. The molecule has 1 saturated carbocycles. The van der Waals surface area contributed by atoms with E-state index >= 15 is 0 Å². The Morgan fingerprint density at radius 1 is 0.938 bits per heavy atom. The predicted molar refractivity (Wildman–Crippen MR) is 123 cm³/mol. The van der Waals surface area contributed by atoms with Crippen LogP contribution in [0.5, 0.6) is 0 Å². The number of amides is 1. The summed E-state index contributed by atoms with van der Waals surface area (Å²) in [4.78, 5) is 17.1. The van der Waals surface area contributed by atoms with E-state index in [9.17, 15) is 25.2 Å². The molecule has 0 unspecified atom stereocenters. The number of rotatable bonds is 10. The largest absolute Gasteiger partial charge is 0.395 e. The van der Waals surface area contributed by atoms with Gasteiger partial charge in [-0.2, -0.15) is 0 Å². The highest BCUT2D eigenvalue weighted by molar-refractivity contribution is 5.94. The highest BCUT2D eigenvalue weighted by atomic mass is 16.4. The lowest BCUT2D eigenvalue weighted by Gasteiger charge is -2.43. The van der Waals surface area contributed by atoms with E-state index in [0.717, 1.165) is 50.6 Å². The van der Waals surface area contributed by atoms with Gasteiger partial charge in [-0.15, -0.1) is 0 Å². The number of carbonyl (C=O) groups excluding carboxylic acids is 1. The van der Waals surface area contributed by atoms with Gasteiger partial charge in [0, 0.05) is 24.7 Å². The SMILES string of the molecule is O=C(c1ccccc1)N(CCCCCCN1C[C@H](O)[C@@H](O)[C@H](O)[C@H]1CO)C1CCCCC1. The fourth-order valence-corrected chi connectivity index (χ4v) is 5.18. The summed E-state index contributed by atoms with van der Waals surface area (Å²) in [5, 5.41) is 39.4. The quantitative estimate of drug-likeness (QED) is 0.407. The molecule has 4 N–H and O–H groups in total. The Morgan fingerprint density at radius 2 is 1.62 bits per heavy atom. The van der Waals surface area contributed by atoms with Crippen molar-refractivity contribution in [3.05, 3.63) is 35.9 Å². The van der Waals surface area contributed by atoms with Crippen LogP contribution in [0.25, 0.3) is 0 Å². The van der Waals surface area contributed by atoms with E-state index in [2.05, 4.69) is 4.90 Å². The zero-order valence-corrected chi connectivity index (χ0v) is 19.1. The Hall–Kier alpha value is -1.51. The van der Waals surface area contributed by atoms with Crippen molar-refractivity contribution in [3.8, 4) is 0 Å². The Kier molecular flexibility index (Phi) is 9.93. The third kappa shape index (κ3) is 6.51. The molecule has 7 heteroatoms. The molecule has 0 radical (unpaired) electrons. The topological polar surface area (TPSA) is 104 Å². The van der Waals surface area contributed by atoms with Crippen molar-refractivity contribution in [1.29, 1.82) is 0 Å². The van der Waals surface area contributed by atoms with Crippen molar-refractivity contribution in [2.75, 3.05) is 26.2 Å². The zero-order chi connectivity index (χ0) is 22.9. The number of aliphatic hydroxyl groups is 4. The summed E-state index contributed by atoms with van der Waals surface area (Å²) in [5.41, 5.74) is 0.762. The average Bonchev–Trinajstić information content (AvgIpc) is 2.83. The van der Waals surface area contributed by atoms with Crippen LogP contribution in [0.4, 0.5) is 0 Å². The van der Waals surface area contributed by atoms with Crippen LogP contribution in [0.2, 0.25) is 0 Å². The molecule has 0 spiro atoms. The van der Waals surface area contributed by atoms with E-state index in [-0.39, 0.29) is 19.1 Å². The van der Waals surface area contributed by atoms with Gasteiger partial charge in [0.2, 0.25) is 0 Å². The second-order valence-electron chi connectivity index (χ2n) is 9.36. The minimum absolute atomic E-state index is 0.137. The van der Waals surface area contributed by atoms with Crippen LogP contribution in [0.3, 0.4) is 0 Å². The molecule has 180 valence electrons. The van der Waals surface area contributed by atoms with E-state index in [1.165, 1.54) is 19.3 Å². The second-order valence-corrected chi connectivity index (χ2v) is 9.36. The molecule has 1 saturated heterocycles. The van der Waals surface area contributed by atoms with Crippen molar-refractivity contribution < 1.29 is 25.2 Å². The Labute approximate surface area is 191 Å². The summed E-state index contributed by atoms with van der Waals surface area (Å²) >= 11 is 0. The standard InChI is InChI=1S/C25H40N2O5/c28-18-21-23(30)24(31)22(29)17-26(21)15-9-1-2-10-16-27(20-13-7-4-8-14-20)25(32)19-11-5-3-6-12-19/h3,5-6,11-12,20-24,28-31H,1-2,4,7-10,13-18H2/t21-,22+,23-,24-/m1/s1. The summed E-state index contributed by atoms with van der Waals surface area (Å²) in [6.07, 6.45) is 6.26. The minimum atomic E-state index is -1.21. The number of nitrogens with zero attached hydrogens (tertiary/aromatic N) is 2. The molecule has 1 aromatic carbocycles. The molecule has 2 aliphatic rings. The van der Waals surface area contributed by atoms with Crippen molar-refractivity contribution in [2.24, 2.45) is 0 Å². The van der Waals surface area contributed by atoms with Gasteiger partial charge >= 0.3 is 0 Å². The maximum Gasteiger partial charge on any atom is 0.254 e. The first-order chi connectivity index (χ1) is 15.5. The third-order valence-corrected chi connectivity index (χ3v) is 7.11. The predicted octanol–water partition coefficient (Wildman–Crippen LogP) is 1.78. The minimum Gasteiger partial charge on any atom is -0.395 e. The molecule has 1 heterocycles. The summed E-state index contributed by atoms with van der Waals surface area (Å²) in [6.45, 7) is 1.43. The zero-order valence-electron chi connectivity index (χ0n) is 19.1. The highest BCUT2D eigenvalue weighted by Gasteiger charge is 2.40. The smallest absolute Gasteiger partial charge is 0.254 e. The number of hydrogen-bond acceptors (Lipinski definition) is 6. The van der Waals surface area contributed by atoms with Crippen molar-refractivity contribution >= 4 is 5.91 Å². The average molecular weight is 449 g/mol. The number of piperidine rings is 1. The normalized spacial score (nSPS) is 27.4. The molecule has 1 aliphatic carbocycles. The van der Waals surface area contributed by atoms with Gasteiger partial charge in [0.05, 0.1) is 18.8 Å². The third-order valence-electron chi connectivity index (χ3n) is 7.11. The fourth-order valence-electron chi connectivity index (χ4n) is 5.18. The lowest BCUT2D eigenvalue weighted by Crippen LogP contribution is -2.62. The van der Waals surface area contributed by atoms with Crippen molar-refractivity contribution in [1.82, 2.24) is 9.80 Å². The molecule has 0 bridgehead atoms. The van der Waals surface area contributed by atoms with Gasteiger partial charge in [-0.3, -0.25) is 9.69 Å². The maximum atomic E-state index is 13.2. The number of β-amino-alcohol motifs (C(OH)–C–C–N with tert-alkyl or cyclic N) is 1. The number of hydrogen-bond donors (Lipinski definition) is 4. The number of unbranched alkanes of at least 4 members (excludes halogenated alkanes) is 3. The Bertz CT molecular complexity index is 682. The second kappa shape index (κ2) is 12.7. The molecule has 1 amide bonds. The van der Waals surface area contributed by atoms with E-state index in [4.69, 9.17) is 0 Å². The molecule has 3 rings (SSSR count). The molecule has 4 atom stereocenters. The van der Waals surface area contributed by atoms with E-state index in [1.54, 1.807) is 0 Å². The molecule has 0 aromatic heterocycles. The van der Waals surface area contributed by atoms with Gasteiger partial charge in [0.15, 0.2) is 0 Å². The molecule has 32 heavy (non-hydrogen) atoms. The summed E-state index contributed by atoms with van der Waals surface area (Å²) in [5.74, 6) is 0.137. The van der Waals surface area contributed by atoms with Crippen molar-refractivity contribution in [2.45, 2.75) is 88.2 Å². The van der Waals surface area contributed by atoms with Gasteiger partial charge in [-0.25, -0.2) is 0 Å². The number of benzene rings is 1. The van der Waals surface area contributed by atoms with E-state index in [1.807, 2.05) is 35.2 Å². The van der Waals surface area contributed by atoms with Crippen molar-refractivity contribution in [3.63, 3.8) is 0 Å². The number of likely N-dealkylation sites (tertiary alicyclic amines) is 1. The molecular weight excluding hydrogens is 408 g/mol. The molecule has 7 nitrogen and oxygen atoms in total. The number of aliphatic hydroxyl groups excluding tert-OH is 4. The lowest BCUT2D eigenvalue weighted by molar-refractivity contribution is -0.145. The highest BCUT2D eigenvalue weighted by Crippen LogP contribution is 2.25. The van der Waals surface area contributed by atoms with Crippen LogP contribution >= 0.6 is 0 Å². The van der Waals surface area contributed by atoms with Crippen LogP contribution in [0.1, 0.15) is 68.1 Å². The lowest BCUT2D eigenvalue weighted by atomic mass is 9.93. The first-order valence-electron chi connectivity index (χ1n) is 12.3. The number of carbonyl (C=O) groups is 1. The van der Waals surface area contributed by atoms with Gasteiger partial charge < -0.3 is 25.3 Å². The van der Waals surface area contributed by atoms with Crippen LogP contribution < -0.4 is 0 Å². The van der Waals surface area contributed by atoms with Crippen LogP contribution in [0.15, 0.2) is 30.3 Å². The molecule has 1 aromatic rings. The monoisotopic (exact) mass is 448 g/mol. The summed E-state index contributed by atoms with van der Waals surface area (Å²) in [7, 11) is 0. The first kappa shape index (κ1) is 25.1. The Morgan fingerprint density at radius 3 is 2.31 bits per heavy atom. The van der Waals surface area contributed by atoms with E-state index in [0.29, 0.717) is 12.6 Å². The first-order valence-corrected chi connectivity index (χ1v) is 12.3. The Balaban J connectivity index is 1.45. The fraction of sp³-hybridized carbons (Fsp3) is 0.720. The van der Waals surface area contributed by atoms with Crippen LogP contribution in [-0.2, 0) is 0 Å². The van der Waals surface area contributed by atoms with Crippen LogP contribution in [0, 0.1) is 0 Å². The summed E-state index contributed by atoms with van der Waals surface area (Å²) < 4.78 is 0. The molecule has 1 aliphatic heterocycles. The molecular formula is C25H40N2O5.